The first-order valence-corrected chi connectivity index (χ1v) is 10.2. The number of aromatic nitrogens is 2. The molecule has 0 saturated heterocycles. The second-order valence-electron chi connectivity index (χ2n) is 7.60. The number of likely N-dealkylation sites (N-methyl/N-ethyl adjacent to an activating group) is 1. The molecule has 3 aromatic rings. The molecule has 31 heavy (non-hydrogen) atoms. The maximum atomic E-state index is 13.1. The maximum absolute atomic E-state index is 13.1. The zero-order valence-corrected chi connectivity index (χ0v) is 17.5. The smallest absolute Gasteiger partial charge is 0.241 e. The van der Waals surface area contributed by atoms with Gasteiger partial charge in [-0.3, -0.25) is 14.8 Å². The van der Waals surface area contributed by atoms with Gasteiger partial charge < -0.3 is 14.8 Å². The molecule has 0 aliphatic carbocycles. The van der Waals surface area contributed by atoms with Crippen molar-refractivity contribution in [1.29, 1.82) is 0 Å². The van der Waals surface area contributed by atoms with E-state index in [4.69, 9.17) is 9.47 Å². The van der Waals surface area contributed by atoms with Crippen LogP contribution in [0.3, 0.4) is 0 Å². The third kappa shape index (κ3) is 5.03. The number of anilines is 1. The van der Waals surface area contributed by atoms with E-state index in [0.717, 1.165) is 36.3 Å². The molecule has 7 nitrogen and oxygen atoms in total. The van der Waals surface area contributed by atoms with Gasteiger partial charge in [0, 0.05) is 23.0 Å². The van der Waals surface area contributed by atoms with Crippen LogP contribution in [0.25, 0.3) is 11.3 Å². The fraction of sp³-hybridized carbons (Fsp3) is 0.304. The number of hydrogen-bond donors (Lipinski definition) is 2. The molecule has 0 bridgehead atoms. The summed E-state index contributed by atoms with van der Waals surface area (Å²) >= 11 is 0. The number of H-pyrrole nitrogens is 1. The average Bonchev–Trinajstić information content (AvgIpc) is 3.43. The molecule has 1 atom stereocenters. The Morgan fingerprint density at radius 1 is 1.19 bits per heavy atom. The highest BCUT2D eigenvalue weighted by Gasteiger charge is 2.20. The fourth-order valence-corrected chi connectivity index (χ4v) is 3.39. The summed E-state index contributed by atoms with van der Waals surface area (Å²) in [5.74, 6) is 0.976. The maximum Gasteiger partial charge on any atom is 0.241 e. The quantitative estimate of drug-likeness (QED) is 0.575. The molecule has 1 unspecified atom stereocenters. The summed E-state index contributed by atoms with van der Waals surface area (Å²) in [5, 5.41) is 10.3. The number of aryl methyl sites for hydroxylation is 1. The fourth-order valence-electron chi connectivity index (χ4n) is 3.39. The minimum Gasteiger partial charge on any atom is -0.454 e. The van der Waals surface area contributed by atoms with Crippen molar-refractivity contribution < 1.29 is 18.7 Å². The van der Waals surface area contributed by atoms with E-state index in [-0.39, 0.29) is 24.6 Å². The van der Waals surface area contributed by atoms with Gasteiger partial charge >= 0.3 is 0 Å². The predicted molar refractivity (Wildman–Crippen MR) is 116 cm³/mol. The van der Waals surface area contributed by atoms with Crippen LogP contribution in [0.1, 0.15) is 19.0 Å². The number of nitrogens with zero attached hydrogens (tertiary/aromatic N) is 2. The normalized spacial score (nSPS) is 13.4. The number of carbonyl (C=O) groups excluding carboxylic acids is 1. The van der Waals surface area contributed by atoms with Gasteiger partial charge in [-0.05, 0) is 75.8 Å². The molecule has 1 aliphatic rings. The number of rotatable bonds is 8. The van der Waals surface area contributed by atoms with E-state index in [1.54, 1.807) is 30.3 Å². The molecular weight excluding hydrogens is 399 g/mol. The minimum atomic E-state index is -0.290. The van der Waals surface area contributed by atoms with Gasteiger partial charge in [-0.1, -0.05) is 0 Å². The van der Waals surface area contributed by atoms with Crippen LogP contribution in [0.2, 0.25) is 0 Å². The van der Waals surface area contributed by atoms with E-state index in [2.05, 4.69) is 15.5 Å². The summed E-state index contributed by atoms with van der Waals surface area (Å²) < 4.78 is 23.7. The van der Waals surface area contributed by atoms with Crippen LogP contribution in [0.5, 0.6) is 11.5 Å². The van der Waals surface area contributed by atoms with Crippen molar-refractivity contribution in [2.24, 2.45) is 0 Å². The van der Waals surface area contributed by atoms with Crippen molar-refractivity contribution >= 4 is 11.6 Å². The third-order valence-electron chi connectivity index (χ3n) is 5.41. The number of benzene rings is 2. The van der Waals surface area contributed by atoms with Crippen molar-refractivity contribution in [2.75, 3.05) is 25.7 Å². The van der Waals surface area contributed by atoms with Crippen LogP contribution in [0, 0.1) is 5.82 Å². The Morgan fingerprint density at radius 3 is 2.77 bits per heavy atom. The zero-order chi connectivity index (χ0) is 21.8. The number of hydrogen-bond acceptors (Lipinski definition) is 5. The largest absolute Gasteiger partial charge is 0.454 e. The molecule has 1 aliphatic heterocycles. The first kappa shape index (κ1) is 20.9. The average molecular weight is 424 g/mol. The highest BCUT2D eigenvalue weighted by molar-refractivity contribution is 5.94. The molecule has 162 valence electrons. The molecule has 2 heterocycles. The predicted octanol–water partition coefficient (Wildman–Crippen LogP) is 3.84. The molecule has 1 aromatic heterocycles. The Bertz CT molecular complexity index is 1050. The highest BCUT2D eigenvalue weighted by atomic mass is 19.1. The molecule has 8 heteroatoms. The van der Waals surface area contributed by atoms with Crippen molar-refractivity contribution in [3.63, 3.8) is 0 Å². The van der Waals surface area contributed by atoms with E-state index in [0.29, 0.717) is 17.2 Å². The molecule has 2 N–H and O–H groups in total. The van der Waals surface area contributed by atoms with Crippen molar-refractivity contribution in [3.05, 3.63) is 60.0 Å². The van der Waals surface area contributed by atoms with E-state index in [1.807, 2.05) is 24.9 Å². The molecule has 0 radical (unpaired) electrons. The minimum absolute atomic E-state index is 0.0819. The second kappa shape index (κ2) is 9.18. The molecule has 0 saturated carbocycles. The zero-order valence-electron chi connectivity index (χ0n) is 17.5. The monoisotopic (exact) mass is 424 g/mol. The first-order chi connectivity index (χ1) is 15.0. The standard InChI is InChI=1S/C23H25FN4O3/c1-15(23(29)25-18-9-10-21-22(13-18)31-14-30-21)28(2)11-3-4-19-12-20(27-26-19)16-5-7-17(24)8-6-16/h5-10,12-13,15H,3-4,11,14H2,1-2H3,(H,25,29)(H,26,27). The summed E-state index contributed by atoms with van der Waals surface area (Å²) in [6, 6.07) is 13.3. The Kier molecular flexibility index (Phi) is 6.18. The van der Waals surface area contributed by atoms with Gasteiger partial charge in [0.15, 0.2) is 11.5 Å². The SMILES string of the molecule is CC(C(=O)Nc1ccc2c(c1)OCO2)N(C)CCCc1cc(-c2ccc(F)cc2)n[nH]1. The summed E-state index contributed by atoms with van der Waals surface area (Å²) in [6.45, 7) is 2.83. The van der Waals surface area contributed by atoms with Crippen LogP contribution in [0.15, 0.2) is 48.5 Å². The number of aromatic amines is 1. The molecule has 0 fully saturated rings. The lowest BCUT2D eigenvalue weighted by Crippen LogP contribution is -2.40. The number of halogens is 1. The van der Waals surface area contributed by atoms with Crippen LogP contribution in [0.4, 0.5) is 10.1 Å². The molecular formula is C23H25FN4O3. The van der Waals surface area contributed by atoms with Gasteiger partial charge in [0.2, 0.25) is 12.7 Å². The lowest BCUT2D eigenvalue weighted by atomic mass is 10.1. The molecule has 1 amide bonds. The van der Waals surface area contributed by atoms with E-state index < -0.39 is 0 Å². The topological polar surface area (TPSA) is 79.5 Å². The first-order valence-electron chi connectivity index (χ1n) is 10.2. The number of amides is 1. The van der Waals surface area contributed by atoms with Gasteiger partial charge in [-0.25, -0.2) is 4.39 Å². The van der Waals surface area contributed by atoms with E-state index >= 15 is 0 Å². The van der Waals surface area contributed by atoms with E-state index in [1.165, 1.54) is 12.1 Å². The van der Waals surface area contributed by atoms with Gasteiger partial charge in [0.05, 0.1) is 11.7 Å². The summed E-state index contributed by atoms with van der Waals surface area (Å²) in [5.41, 5.74) is 3.35. The second-order valence-corrected chi connectivity index (χ2v) is 7.60. The number of carbonyl (C=O) groups is 1. The Morgan fingerprint density at radius 2 is 1.97 bits per heavy atom. The molecule has 2 aromatic carbocycles. The van der Waals surface area contributed by atoms with Crippen molar-refractivity contribution in [2.45, 2.75) is 25.8 Å². The number of ether oxygens (including phenoxy) is 2. The van der Waals surface area contributed by atoms with Crippen LogP contribution in [-0.2, 0) is 11.2 Å². The van der Waals surface area contributed by atoms with E-state index in [9.17, 15) is 9.18 Å². The van der Waals surface area contributed by atoms with Crippen LogP contribution in [-0.4, -0.2) is 47.4 Å². The molecule has 4 rings (SSSR count). The third-order valence-corrected chi connectivity index (χ3v) is 5.41. The van der Waals surface area contributed by atoms with Crippen LogP contribution < -0.4 is 14.8 Å². The summed E-state index contributed by atoms with van der Waals surface area (Å²) in [4.78, 5) is 14.6. The highest BCUT2D eigenvalue weighted by Crippen LogP contribution is 2.34. The van der Waals surface area contributed by atoms with Gasteiger partial charge in [0.1, 0.15) is 5.82 Å². The van der Waals surface area contributed by atoms with Crippen molar-refractivity contribution in [3.8, 4) is 22.8 Å². The molecule has 0 spiro atoms. The Labute approximate surface area is 180 Å². The lowest BCUT2D eigenvalue weighted by molar-refractivity contribution is -0.120. The van der Waals surface area contributed by atoms with Gasteiger partial charge in [-0.2, -0.15) is 5.10 Å². The Hall–Kier alpha value is -3.39. The van der Waals surface area contributed by atoms with Crippen molar-refractivity contribution in [1.82, 2.24) is 15.1 Å². The lowest BCUT2D eigenvalue weighted by Gasteiger charge is -2.23. The number of fused-ring (bicyclic) bond motifs is 1. The van der Waals surface area contributed by atoms with Gasteiger partial charge in [-0.15, -0.1) is 0 Å². The summed E-state index contributed by atoms with van der Waals surface area (Å²) in [7, 11) is 1.93. The summed E-state index contributed by atoms with van der Waals surface area (Å²) in [6.07, 6.45) is 1.66. The van der Waals surface area contributed by atoms with Crippen LogP contribution >= 0.6 is 0 Å². The Balaban J connectivity index is 1.25. The van der Waals surface area contributed by atoms with Gasteiger partial charge in [0.25, 0.3) is 0 Å². The number of nitrogens with one attached hydrogen (secondary N) is 2.